The monoisotopic (exact) mass is 185 g/mol. The molecule has 1 saturated heterocycles. The molecule has 0 aromatic rings. The number of hydrogen-bond donors (Lipinski definition) is 2. The molecule has 1 heterocycles. The third kappa shape index (κ3) is 2.96. The third-order valence-electron chi connectivity index (χ3n) is 3.17. The molecule has 0 saturated carbocycles. The Morgan fingerprint density at radius 2 is 2.23 bits per heavy atom. The van der Waals surface area contributed by atoms with E-state index in [1.54, 1.807) is 0 Å². The fourth-order valence-electron chi connectivity index (χ4n) is 2.26. The van der Waals surface area contributed by atoms with Gasteiger partial charge in [-0.15, -0.1) is 0 Å². The molecule has 0 spiro atoms. The molecule has 13 heavy (non-hydrogen) atoms. The number of nitrogens with one attached hydrogen (secondary N) is 1. The van der Waals surface area contributed by atoms with Crippen molar-refractivity contribution in [3.8, 4) is 0 Å². The van der Waals surface area contributed by atoms with Crippen LogP contribution in [0.4, 0.5) is 0 Å². The second kappa shape index (κ2) is 4.43. The second-order valence-corrected chi connectivity index (χ2v) is 4.74. The Morgan fingerprint density at radius 3 is 2.77 bits per heavy atom. The molecule has 2 N–H and O–H groups in total. The maximum Gasteiger partial charge on any atom is 0.0772 e. The van der Waals surface area contributed by atoms with E-state index in [0.717, 1.165) is 31.7 Å². The van der Waals surface area contributed by atoms with Crippen molar-refractivity contribution in [1.29, 1.82) is 0 Å². The summed E-state index contributed by atoms with van der Waals surface area (Å²) in [6.07, 6.45) is 4.32. The molecule has 0 radical (unpaired) electrons. The van der Waals surface area contributed by atoms with E-state index in [-0.39, 0.29) is 0 Å². The van der Waals surface area contributed by atoms with Crippen LogP contribution >= 0.6 is 0 Å². The molecule has 1 rings (SSSR count). The molecular weight excluding hydrogens is 162 g/mol. The summed E-state index contributed by atoms with van der Waals surface area (Å²) in [6.45, 7) is 7.43. The topological polar surface area (TPSA) is 32.3 Å². The smallest absolute Gasteiger partial charge is 0.0772 e. The standard InChI is InChI=1S/C11H23NO/c1-4-6-11(3,13)10-8-9(2)5-7-12-10/h9-10,12-13H,4-8H2,1-3H3. The molecule has 0 amide bonds. The molecule has 2 heteroatoms. The molecule has 0 aromatic heterocycles. The van der Waals surface area contributed by atoms with Crippen molar-refractivity contribution in [3.05, 3.63) is 0 Å². The molecular formula is C11H23NO. The first kappa shape index (κ1) is 11.0. The van der Waals surface area contributed by atoms with Gasteiger partial charge in [0.25, 0.3) is 0 Å². The zero-order valence-corrected chi connectivity index (χ0v) is 9.14. The maximum absolute atomic E-state index is 10.2. The van der Waals surface area contributed by atoms with Crippen LogP contribution < -0.4 is 5.32 Å². The zero-order chi connectivity index (χ0) is 9.90. The number of aliphatic hydroxyl groups is 1. The van der Waals surface area contributed by atoms with E-state index in [4.69, 9.17) is 0 Å². The van der Waals surface area contributed by atoms with E-state index in [0.29, 0.717) is 6.04 Å². The van der Waals surface area contributed by atoms with E-state index >= 15 is 0 Å². The van der Waals surface area contributed by atoms with Crippen LogP contribution in [-0.4, -0.2) is 23.3 Å². The minimum atomic E-state index is -0.510. The van der Waals surface area contributed by atoms with Crippen molar-refractivity contribution in [2.45, 2.75) is 58.1 Å². The van der Waals surface area contributed by atoms with Crippen LogP contribution in [0.15, 0.2) is 0 Å². The highest BCUT2D eigenvalue weighted by Gasteiger charge is 2.33. The van der Waals surface area contributed by atoms with Crippen molar-refractivity contribution in [2.24, 2.45) is 5.92 Å². The Balaban J connectivity index is 2.48. The number of rotatable bonds is 3. The lowest BCUT2D eigenvalue weighted by atomic mass is 9.82. The van der Waals surface area contributed by atoms with Crippen LogP contribution in [0.5, 0.6) is 0 Å². The van der Waals surface area contributed by atoms with Crippen molar-refractivity contribution < 1.29 is 5.11 Å². The quantitative estimate of drug-likeness (QED) is 0.704. The first-order valence-electron chi connectivity index (χ1n) is 5.52. The first-order chi connectivity index (χ1) is 6.06. The Kier molecular flexibility index (Phi) is 3.74. The van der Waals surface area contributed by atoms with E-state index in [1.807, 2.05) is 6.92 Å². The van der Waals surface area contributed by atoms with E-state index in [2.05, 4.69) is 19.2 Å². The maximum atomic E-state index is 10.2. The molecule has 1 fully saturated rings. The van der Waals surface area contributed by atoms with Crippen molar-refractivity contribution >= 4 is 0 Å². The van der Waals surface area contributed by atoms with Gasteiger partial charge in [-0.1, -0.05) is 20.3 Å². The fraction of sp³-hybridized carbons (Fsp3) is 1.00. The summed E-state index contributed by atoms with van der Waals surface area (Å²) >= 11 is 0. The van der Waals surface area contributed by atoms with Gasteiger partial charge in [-0.25, -0.2) is 0 Å². The molecule has 2 nitrogen and oxygen atoms in total. The van der Waals surface area contributed by atoms with Gasteiger partial charge in [-0.3, -0.25) is 0 Å². The van der Waals surface area contributed by atoms with Gasteiger partial charge in [-0.2, -0.15) is 0 Å². The van der Waals surface area contributed by atoms with Crippen molar-refractivity contribution in [2.75, 3.05) is 6.54 Å². The van der Waals surface area contributed by atoms with Gasteiger partial charge < -0.3 is 10.4 Å². The molecule has 3 unspecified atom stereocenters. The minimum Gasteiger partial charge on any atom is -0.389 e. The van der Waals surface area contributed by atoms with Crippen molar-refractivity contribution in [1.82, 2.24) is 5.32 Å². The lowest BCUT2D eigenvalue weighted by molar-refractivity contribution is -0.00479. The normalized spacial score (nSPS) is 34.2. The van der Waals surface area contributed by atoms with Gasteiger partial charge in [0.2, 0.25) is 0 Å². The Labute approximate surface area is 81.7 Å². The SMILES string of the molecule is CCCC(C)(O)C1CC(C)CCN1. The molecule has 0 aromatic carbocycles. The first-order valence-corrected chi connectivity index (χ1v) is 5.52. The van der Waals surface area contributed by atoms with Gasteiger partial charge in [0.15, 0.2) is 0 Å². The Bertz CT molecular complexity index is 156. The lowest BCUT2D eigenvalue weighted by Crippen LogP contribution is -2.52. The highest BCUT2D eigenvalue weighted by Crippen LogP contribution is 2.26. The van der Waals surface area contributed by atoms with Crippen LogP contribution in [0, 0.1) is 5.92 Å². The van der Waals surface area contributed by atoms with Crippen LogP contribution in [0.2, 0.25) is 0 Å². The van der Waals surface area contributed by atoms with E-state index < -0.39 is 5.60 Å². The van der Waals surface area contributed by atoms with E-state index in [1.165, 1.54) is 6.42 Å². The summed E-state index contributed by atoms with van der Waals surface area (Å²) in [4.78, 5) is 0. The fourth-order valence-corrected chi connectivity index (χ4v) is 2.26. The summed E-state index contributed by atoms with van der Waals surface area (Å²) in [5.74, 6) is 0.759. The number of piperidine rings is 1. The van der Waals surface area contributed by atoms with Crippen LogP contribution in [0.3, 0.4) is 0 Å². The van der Waals surface area contributed by atoms with Gasteiger partial charge in [0.05, 0.1) is 5.60 Å². The average molecular weight is 185 g/mol. The third-order valence-corrected chi connectivity index (χ3v) is 3.17. The minimum absolute atomic E-state index is 0.302. The van der Waals surface area contributed by atoms with Crippen LogP contribution in [-0.2, 0) is 0 Å². The second-order valence-electron chi connectivity index (χ2n) is 4.74. The van der Waals surface area contributed by atoms with E-state index in [9.17, 15) is 5.11 Å². The van der Waals surface area contributed by atoms with Crippen LogP contribution in [0.25, 0.3) is 0 Å². The average Bonchev–Trinajstić information content (AvgIpc) is 2.04. The predicted octanol–water partition coefficient (Wildman–Crippen LogP) is 1.93. The molecule has 1 aliphatic rings. The van der Waals surface area contributed by atoms with Crippen molar-refractivity contribution in [3.63, 3.8) is 0 Å². The lowest BCUT2D eigenvalue weighted by Gasteiger charge is -2.38. The molecule has 1 aliphatic heterocycles. The highest BCUT2D eigenvalue weighted by molar-refractivity contribution is 4.91. The summed E-state index contributed by atoms with van der Waals surface area (Å²) in [7, 11) is 0. The van der Waals surface area contributed by atoms with Gasteiger partial charge in [-0.05, 0) is 38.6 Å². The number of hydrogen-bond acceptors (Lipinski definition) is 2. The molecule has 0 bridgehead atoms. The molecule has 0 aliphatic carbocycles. The predicted molar refractivity (Wildman–Crippen MR) is 55.7 cm³/mol. The van der Waals surface area contributed by atoms with Gasteiger partial charge in [0.1, 0.15) is 0 Å². The summed E-state index contributed by atoms with van der Waals surface area (Å²) < 4.78 is 0. The highest BCUT2D eigenvalue weighted by atomic mass is 16.3. The molecule has 3 atom stereocenters. The summed E-state index contributed by atoms with van der Waals surface area (Å²) in [5, 5.41) is 13.6. The van der Waals surface area contributed by atoms with Gasteiger partial charge >= 0.3 is 0 Å². The summed E-state index contributed by atoms with van der Waals surface area (Å²) in [5.41, 5.74) is -0.510. The van der Waals surface area contributed by atoms with Gasteiger partial charge in [0, 0.05) is 6.04 Å². The largest absolute Gasteiger partial charge is 0.389 e. The Hall–Kier alpha value is -0.0800. The summed E-state index contributed by atoms with van der Waals surface area (Å²) in [6, 6.07) is 0.302. The molecule has 78 valence electrons. The zero-order valence-electron chi connectivity index (χ0n) is 9.14. The van der Waals surface area contributed by atoms with Crippen LogP contribution in [0.1, 0.15) is 46.5 Å². The Morgan fingerprint density at radius 1 is 1.54 bits per heavy atom.